The molecule has 16 heavy (non-hydrogen) atoms. The first kappa shape index (κ1) is 12.6. The first-order chi connectivity index (χ1) is 7.49. The maximum absolute atomic E-state index is 11.3. The number of carbonyl (C=O) groups is 1. The summed E-state index contributed by atoms with van der Waals surface area (Å²) in [7, 11) is -1.66. The fraction of sp³-hybridized carbons (Fsp3) is 0.444. The highest BCUT2D eigenvalue weighted by Gasteiger charge is 2.15. The number of hydrogen-bond donors (Lipinski definition) is 2. The Morgan fingerprint density at radius 1 is 1.56 bits per heavy atom. The van der Waals surface area contributed by atoms with E-state index in [0.29, 0.717) is 0 Å². The summed E-state index contributed by atoms with van der Waals surface area (Å²) in [6.07, 6.45) is 1.08. The average molecular weight is 224 g/mol. The van der Waals surface area contributed by atoms with E-state index in [1.807, 2.05) is 0 Å². The molecule has 0 aliphatic carbocycles. The maximum Gasteiger partial charge on any atom is 0.508 e. The van der Waals surface area contributed by atoms with Crippen molar-refractivity contribution < 1.29 is 19.6 Å². The molecule has 1 aromatic rings. The summed E-state index contributed by atoms with van der Waals surface area (Å²) in [6, 6.07) is 1.36. The number of ether oxygens (including phenoxy) is 1. The van der Waals surface area contributed by atoms with Crippen molar-refractivity contribution >= 4 is 18.7 Å². The van der Waals surface area contributed by atoms with Crippen molar-refractivity contribution in [3.63, 3.8) is 0 Å². The van der Waals surface area contributed by atoms with Crippen LogP contribution in [-0.4, -0.2) is 39.2 Å². The van der Waals surface area contributed by atoms with Crippen molar-refractivity contribution in [2.75, 3.05) is 0 Å². The molecule has 0 aliphatic rings. The second kappa shape index (κ2) is 5.57. The van der Waals surface area contributed by atoms with Crippen LogP contribution in [0.2, 0.25) is 0 Å². The molecule has 6 nitrogen and oxygen atoms in total. The molecule has 0 aliphatic heterocycles. The zero-order chi connectivity index (χ0) is 12.1. The minimum Gasteiger partial charge on any atom is -0.463 e. The van der Waals surface area contributed by atoms with Crippen LogP contribution in [0.15, 0.2) is 12.3 Å². The second-order valence-electron chi connectivity index (χ2n) is 3.49. The van der Waals surface area contributed by atoms with Gasteiger partial charge in [-0.15, -0.1) is 0 Å². The van der Waals surface area contributed by atoms with Crippen molar-refractivity contribution in [2.24, 2.45) is 0 Å². The van der Waals surface area contributed by atoms with E-state index in [2.05, 4.69) is 9.97 Å². The van der Waals surface area contributed by atoms with Gasteiger partial charge in [0.05, 0.1) is 11.7 Å². The van der Waals surface area contributed by atoms with Gasteiger partial charge in [0, 0.05) is 6.20 Å². The van der Waals surface area contributed by atoms with Crippen molar-refractivity contribution in [3.05, 3.63) is 18.1 Å². The smallest absolute Gasteiger partial charge is 0.463 e. The van der Waals surface area contributed by atoms with E-state index in [1.165, 1.54) is 12.3 Å². The van der Waals surface area contributed by atoms with Crippen LogP contribution in [0.4, 0.5) is 0 Å². The van der Waals surface area contributed by atoms with Gasteiger partial charge >= 0.3 is 13.1 Å². The van der Waals surface area contributed by atoms with Crippen LogP contribution in [0.5, 0.6) is 0 Å². The molecule has 0 amide bonds. The molecular weight excluding hydrogens is 211 g/mol. The molecule has 0 aromatic carbocycles. The lowest BCUT2D eigenvalue weighted by molar-refractivity contribution is -0.146. The van der Waals surface area contributed by atoms with Gasteiger partial charge in [-0.2, -0.15) is 0 Å². The lowest BCUT2D eigenvalue weighted by Gasteiger charge is -2.07. The average Bonchev–Trinajstić information content (AvgIpc) is 2.16. The Hall–Kier alpha value is -1.47. The molecule has 0 saturated carbocycles. The molecule has 7 heteroatoms. The summed E-state index contributed by atoms with van der Waals surface area (Å²) in [5.41, 5.74) is 0.0577. The fourth-order valence-corrected chi connectivity index (χ4v) is 1.08. The molecule has 0 bridgehead atoms. The third-order valence-electron chi connectivity index (χ3n) is 1.66. The monoisotopic (exact) mass is 224 g/mol. The molecule has 0 unspecified atom stereocenters. The summed E-state index contributed by atoms with van der Waals surface area (Å²) in [6.45, 7) is 3.49. The third kappa shape index (κ3) is 3.96. The van der Waals surface area contributed by atoms with E-state index in [4.69, 9.17) is 14.8 Å². The van der Waals surface area contributed by atoms with E-state index < -0.39 is 13.1 Å². The highest BCUT2D eigenvalue weighted by atomic mass is 16.5. The molecule has 1 heterocycles. The van der Waals surface area contributed by atoms with Gasteiger partial charge in [-0.05, 0) is 19.9 Å². The van der Waals surface area contributed by atoms with Gasteiger partial charge in [-0.25, -0.2) is 9.97 Å². The molecule has 0 atom stereocenters. The lowest BCUT2D eigenvalue weighted by atomic mass is 9.86. The Kier molecular flexibility index (Phi) is 4.39. The molecule has 1 rings (SSSR count). The predicted molar refractivity (Wildman–Crippen MR) is 56.8 cm³/mol. The van der Waals surface area contributed by atoms with Crippen molar-refractivity contribution in [1.29, 1.82) is 0 Å². The molecule has 0 spiro atoms. The normalized spacial score (nSPS) is 10.3. The fourth-order valence-electron chi connectivity index (χ4n) is 1.08. The number of rotatable bonds is 4. The first-order valence-electron chi connectivity index (χ1n) is 4.86. The first-order valence-corrected chi connectivity index (χ1v) is 4.86. The number of hydrogen-bond acceptors (Lipinski definition) is 6. The highest BCUT2D eigenvalue weighted by Crippen LogP contribution is 1.95. The van der Waals surface area contributed by atoms with Gasteiger partial charge in [0.15, 0.2) is 0 Å². The van der Waals surface area contributed by atoms with Crippen LogP contribution in [0.25, 0.3) is 0 Å². The van der Waals surface area contributed by atoms with Crippen LogP contribution >= 0.6 is 0 Å². The summed E-state index contributed by atoms with van der Waals surface area (Å²) < 4.78 is 4.91. The lowest BCUT2D eigenvalue weighted by Crippen LogP contribution is -2.34. The highest BCUT2D eigenvalue weighted by molar-refractivity contribution is 6.57. The molecule has 1 aromatic heterocycles. The molecule has 2 N–H and O–H groups in total. The van der Waals surface area contributed by atoms with Gasteiger partial charge in [0.1, 0.15) is 12.2 Å². The van der Waals surface area contributed by atoms with E-state index >= 15 is 0 Å². The summed E-state index contributed by atoms with van der Waals surface area (Å²) in [4.78, 5) is 18.9. The number of nitrogens with zero attached hydrogens (tertiary/aromatic N) is 2. The summed E-state index contributed by atoms with van der Waals surface area (Å²) >= 11 is 0. The number of carbonyl (C=O) groups excluding carboxylic acids is 1. The Balaban J connectivity index is 2.67. The summed E-state index contributed by atoms with van der Waals surface area (Å²) in [5, 5.41) is 17.8. The molecule has 0 fully saturated rings. The number of aromatic nitrogens is 2. The van der Waals surface area contributed by atoms with Crippen LogP contribution in [0.1, 0.15) is 19.7 Å². The Bertz CT molecular complexity index is 370. The minimum absolute atomic E-state index is 0.0577. The minimum atomic E-state index is -1.66. The zero-order valence-electron chi connectivity index (χ0n) is 9.12. The zero-order valence-corrected chi connectivity index (χ0v) is 9.12. The molecular formula is C9H13BN2O4. The third-order valence-corrected chi connectivity index (χ3v) is 1.66. The second-order valence-corrected chi connectivity index (χ2v) is 3.49. The van der Waals surface area contributed by atoms with Crippen molar-refractivity contribution in [3.8, 4) is 0 Å². The largest absolute Gasteiger partial charge is 0.508 e. The van der Waals surface area contributed by atoms with E-state index in [9.17, 15) is 4.79 Å². The van der Waals surface area contributed by atoms with Crippen molar-refractivity contribution in [2.45, 2.75) is 26.4 Å². The van der Waals surface area contributed by atoms with Crippen molar-refractivity contribution in [1.82, 2.24) is 9.97 Å². The van der Waals surface area contributed by atoms with Crippen LogP contribution < -0.4 is 5.59 Å². The SMILES string of the molecule is CC(C)OC(=O)Cc1nccc(B(O)O)n1. The van der Waals surface area contributed by atoms with Gasteiger partial charge in [0.25, 0.3) is 0 Å². The van der Waals surface area contributed by atoms with E-state index in [-0.39, 0.29) is 23.9 Å². The van der Waals surface area contributed by atoms with Gasteiger partial charge in [-0.3, -0.25) is 4.79 Å². The Labute approximate surface area is 93.5 Å². The standard InChI is InChI=1S/C9H13BN2O4/c1-6(2)16-9(13)5-8-11-4-3-7(12-8)10(14)15/h3-4,6,14-15H,5H2,1-2H3. The summed E-state index contributed by atoms with van der Waals surface area (Å²) in [5.74, 6) is -0.240. The maximum atomic E-state index is 11.3. The van der Waals surface area contributed by atoms with Crippen LogP contribution in [0, 0.1) is 0 Å². The number of esters is 1. The Morgan fingerprint density at radius 3 is 2.81 bits per heavy atom. The van der Waals surface area contributed by atoms with Gasteiger partial charge in [-0.1, -0.05) is 0 Å². The van der Waals surface area contributed by atoms with E-state index in [1.54, 1.807) is 13.8 Å². The van der Waals surface area contributed by atoms with Crippen LogP contribution in [-0.2, 0) is 16.0 Å². The molecule has 0 radical (unpaired) electrons. The molecule has 86 valence electrons. The molecule has 0 saturated heterocycles. The predicted octanol–water partition coefficient (Wildman–Crippen LogP) is -1.35. The topological polar surface area (TPSA) is 92.5 Å². The van der Waals surface area contributed by atoms with E-state index in [0.717, 1.165) is 0 Å². The quantitative estimate of drug-likeness (QED) is 0.485. The van der Waals surface area contributed by atoms with Crippen LogP contribution in [0.3, 0.4) is 0 Å². The Morgan fingerprint density at radius 2 is 2.25 bits per heavy atom. The van der Waals surface area contributed by atoms with Gasteiger partial charge in [0.2, 0.25) is 0 Å². The van der Waals surface area contributed by atoms with Gasteiger partial charge < -0.3 is 14.8 Å².